The third-order valence-corrected chi connectivity index (χ3v) is 4.67. The molecule has 3 aromatic rings. The summed E-state index contributed by atoms with van der Waals surface area (Å²) in [5.74, 6) is 0.379. The average Bonchev–Trinajstić information content (AvgIpc) is 3.09. The number of ether oxygens (including phenoxy) is 1. The molecule has 1 aromatic heterocycles. The summed E-state index contributed by atoms with van der Waals surface area (Å²) in [7, 11) is 1.59. The lowest BCUT2D eigenvalue weighted by Crippen LogP contribution is -2.36. The highest BCUT2D eigenvalue weighted by Gasteiger charge is 2.50. The molecular formula is C19H18N4O3. The van der Waals surface area contributed by atoms with Crippen LogP contribution in [0.25, 0.3) is 5.69 Å². The van der Waals surface area contributed by atoms with Gasteiger partial charge in [0.2, 0.25) is 5.60 Å². The number of fused-ring (bicyclic) bond motifs is 1. The Morgan fingerprint density at radius 1 is 1.19 bits per heavy atom. The number of nitrogens with two attached hydrogens (primary N) is 1. The summed E-state index contributed by atoms with van der Waals surface area (Å²) in [6, 6.07) is 14.2. The molecule has 0 fully saturated rings. The smallest absolute Gasteiger partial charge is 0.266 e. The summed E-state index contributed by atoms with van der Waals surface area (Å²) in [4.78, 5) is 12.6. The number of methoxy groups -OCH3 is 1. The van der Waals surface area contributed by atoms with Crippen molar-refractivity contribution in [1.29, 1.82) is 0 Å². The van der Waals surface area contributed by atoms with Crippen molar-refractivity contribution < 1.29 is 14.6 Å². The molecule has 0 spiro atoms. The molecule has 26 heavy (non-hydrogen) atoms. The van der Waals surface area contributed by atoms with E-state index in [-0.39, 0.29) is 11.4 Å². The van der Waals surface area contributed by atoms with Gasteiger partial charge < -0.3 is 20.9 Å². The van der Waals surface area contributed by atoms with E-state index in [1.54, 1.807) is 62.6 Å². The van der Waals surface area contributed by atoms with Gasteiger partial charge in [0.1, 0.15) is 11.6 Å². The van der Waals surface area contributed by atoms with E-state index in [1.165, 1.54) is 4.68 Å². The van der Waals surface area contributed by atoms with Crippen LogP contribution in [0, 0.1) is 6.92 Å². The number of rotatable bonds is 3. The first kappa shape index (κ1) is 16.2. The van der Waals surface area contributed by atoms with Gasteiger partial charge in [-0.1, -0.05) is 18.2 Å². The van der Waals surface area contributed by atoms with Crippen LogP contribution in [0.2, 0.25) is 0 Å². The molecule has 0 aliphatic carbocycles. The third-order valence-electron chi connectivity index (χ3n) is 4.67. The molecule has 1 unspecified atom stereocenters. The Balaban J connectivity index is 1.88. The Kier molecular flexibility index (Phi) is 3.48. The molecule has 4 rings (SSSR count). The van der Waals surface area contributed by atoms with Gasteiger partial charge in [0, 0.05) is 11.3 Å². The van der Waals surface area contributed by atoms with Crippen molar-refractivity contribution in [3.05, 3.63) is 65.4 Å². The zero-order valence-corrected chi connectivity index (χ0v) is 14.4. The maximum atomic E-state index is 12.6. The lowest BCUT2D eigenvalue weighted by molar-refractivity contribution is -0.129. The van der Waals surface area contributed by atoms with Gasteiger partial charge in [0.15, 0.2) is 0 Å². The monoisotopic (exact) mass is 350 g/mol. The highest BCUT2D eigenvalue weighted by molar-refractivity contribution is 6.08. The molecular weight excluding hydrogens is 332 g/mol. The number of aryl methyl sites for hydroxylation is 1. The number of amides is 1. The number of carbonyl (C=O) groups excluding carboxylic acids is 1. The Hall–Kier alpha value is -3.32. The fourth-order valence-electron chi connectivity index (χ4n) is 3.40. The predicted molar refractivity (Wildman–Crippen MR) is 97.3 cm³/mol. The second-order valence-corrected chi connectivity index (χ2v) is 6.17. The summed E-state index contributed by atoms with van der Waals surface area (Å²) in [5.41, 5.74) is 6.94. The molecule has 7 heteroatoms. The second kappa shape index (κ2) is 5.60. The molecule has 1 aliphatic rings. The van der Waals surface area contributed by atoms with Gasteiger partial charge >= 0.3 is 0 Å². The lowest BCUT2D eigenvalue weighted by Gasteiger charge is -2.21. The van der Waals surface area contributed by atoms with E-state index in [4.69, 9.17) is 10.5 Å². The first-order chi connectivity index (χ1) is 12.5. The van der Waals surface area contributed by atoms with Crippen LogP contribution in [0.15, 0.2) is 48.5 Å². The van der Waals surface area contributed by atoms with E-state index in [0.717, 1.165) is 0 Å². The molecule has 132 valence electrons. The molecule has 0 saturated heterocycles. The van der Waals surface area contributed by atoms with Crippen molar-refractivity contribution in [2.75, 3.05) is 18.2 Å². The molecule has 2 heterocycles. The molecule has 1 amide bonds. The maximum Gasteiger partial charge on any atom is 0.266 e. The average molecular weight is 350 g/mol. The summed E-state index contributed by atoms with van der Waals surface area (Å²) in [5, 5.41) is 18.5. The molecule has 1 atom stereocenters. The van der Waals surface area contributed by atoms with Crippen molar-refractivity contribution in [1.82, 2.24) is 9.78 Å². The normalized spacial score (nSPS) is 18.5. The van der Waals surface area contributed by atoms with Gasteiger partial charge in [-0.3, -0.25) is 4.79 Å². The maximum absolute atomic E-state index is 12.6. The summed E-state index contributed by atoms with van der Waals surface area (Å²) < 4.78 is 6.67. The number of aliphatic hydroxyl groups is 1. The number of hydrogen-bond donors (Lipinski definition) is 3. The first-order valence-corrected chi connectivity index (χ1v) is 8.10. The van der Waals surface area contributed by atoms with Crippen LogP contribution in [0.1, 0.15) is 16.8 Å². The van der Waals surface area contributed by atoms with Gasteiger partial charge in [-0.2, -0.15) is 5.10 Å². The van der Waals surface area contributed by atoms with Crippen LogP contribution in [-0.4, -0.2) is 27.9 Å². The zero-order chi connectivity index (χ0) is 18.5. The second-order valence-electron chi connectivity index (χ2n) is 6.17. The van der Waals surface area contributed by atoms with Crippen molar-refractivity contribution in [2.45, 2.75) is 12.5 Å². The summed E-state index contributed by atoms with van der Waals surface area (Å²) in [6.45, 7) is 1.72. The van der Waals surface area contributed by atoms with Crippen LogP contribution < -0.4 is 15.8 Å². The van der Waals surface area contributed by atoms with Crippen molar-refractivity contribution in [3.63, 3.8) is 0 Å². The molecule has 0 radical (unpaired) electrons. The Morgan fingerprint density at radius 3 is 2.58 bits per heavy atom. The summed E-state index contributed by atoms with van der Waals surface area (Å²) in [6.07, 6.45) is 0. The Morgan fingerprint density at radius 2 is 1.88 bits per heavy atom. The summed E-state index contributed by atoms with van der Waals surface area (Å²) >= 11 is 0. The minimum absolute atomic E-state index is 0.210. The highest BCUT2D eigenvalue weighted by atomic mass is 16.5. The van der Waals surface area contributed by atoms with Crippen molar-refractivity contribution in [2.24, 2.45) is 0 Å². The third kappa shape index (κ3) is 2.11. The topological polar surface area (TPSA) is 102 Å². The molecule has 4 N–H and O–H groups in total. The standard InChI is InChI=1S/C19H18N4O3/c1-11-16(19(25)14-5-3-4-6-15(14)21-18(19)24)17(20)23(22-11)12-7-9-13(26-2)10-8-12/h3-10,25H,20H2,1-2H3,(H,21,24). The number of benzene rings is 2. The quantitative estimate of drug-likeness (QED) is 0.670. The highest BCUT2D eigenvalue weighted by Crippen LogP contribution is 2.44. The van der Waals surface area contributed by atoms with Crippen LogP contribution in [0.5, 0.6) is 5.75 Å². The van der Waals surface area contributed by atoms with Crippen molar-refractivity contribution in [3.8, 4) is 11.4 Å². The number of aromatic nitrogens is 2. The minimum atomic E-state index is -1.88. The fraction of sp³-hybridized carbons (Fsp3) is 0.158. The Bertz CT molecular complexity index is 1010. The Labute approximate surface area is 150 Å². The number of nitrogen functional groups attached to an aromatic ring is 1. The van der Waals surface area contributed by atoms with Crippen LogP contribution in [0.4, 0.5) is 11.5 Å². The number of carbonyl (C=O) groups is 1. The molecule has 2 aromatic carbocycles. The van der Waals surface area contributed by atoms with Crippen LogP contribution >= 0.6 is 0 Å². The largest absolute Gasteiger partial charge is 0.497 e. The van der Waals surface area contributed by atoms with Gasteiger partial charge in [0.05, 0.1) is 24.1 Å². The van der Waals surface area contributed by atoms with E-state index in [0.29, 0.717) is 28.4 Å². The first-order valence-electron chi connectivity index (χ1n) is 8.10. The SMILES string of the molecule is COc1ccc(-n2nc(C)c(C3(O)C(=O)Nc4ccccc43)c2N)cc1. The predicted octanol–water partition coefficient (Wildman–Crippen LogP) is 1.96. The number of para-hydroxylation sites is 1. The lowest BCUT2D eigenvalue weighted by atomic mass is 9.87. The number of nitrogens with zero attached hydrogens (tertiary/aromatic N) is 2. The molecule has 7 nitrogen and oxygen atoms in total. The number of nitrogens with one attached hydrogen (secondary N) is 1. The van der Waals surface area contributed by atoms with Gasteiger partial charge in [0.25, 0.3) is 5.91 Å². The van der Waals surface area contributed by atoms with Gasteiger partial charge in [-0.25, -0.2) is 4.68 Å². The molecule has 0 bridgehead atoms. The fourth-order valence-corrected chi connectivity index (χ4v) is 3.40. The van der Waals surface area contributed by atoms with Crippen molar-refractivity contribution >= 4 is 17.4 Å². The number of anilines is 2. The number of hydrogen-bond acceptors (Lipinski definition) is 5. The zero-order valence-electron chi connectivity index (χ0n) is 14.4. The van der Waals surface area contributed by atoms with E-state index in [9.17, 15) is 9.90 Å². The van der Waals surface area contributed by atoms with E-state index < -0.39 is 11.5 Å². The van der Waals surface area contributed by atoms with Gasteiger partial charge in [-0.15, -0.1) is 0 Å². The molecule has 1 aliphatic heterocycles. The van der Waals surface area contributed by atoms with E-state index in [1.807, 2.05) is 0 Å². The van der Waals surface area contributed by atoms with Crippen LogP contribution in [-0.2, 0) is 10.4 Å². The van der Waals surface area contributed by atoms with Crippen LogP contribution in [0.3, 0.4) is 0 Å². The minimum Gasteiger partial charge on any atom is -0.497 e. The molecule has 0 saturated carbocycles. The van der Waals surface area contributed by atoms with E-state index >= 15 is 0 Å². The van der Waals surface area contributed by atoms with Gasteiger partial charge in [-0.05, 0) is 37.3 Å². The van der Waals surface area contributed by atoms with E-state index in [2.05, 4.69) is 10.4 Å².